The third kappa shape index (κ3) is 8.31. The van der Waals surface area contributed by atoms with Gasteiger partial charge < -0.3 is 14.4 Å². The SMILES string of the molecule is CN(Cc1ccc(-c2ccc(CF)cc2)cc1)C(=O)Cn1c(CCc2cccc(F)c2F)cc(=O)c2ccc(CCCN3CCCC3)cc21. The van der Waals surface area contributed by atoms with Gasteiger partial charge in [-0.3, -0.25) is 9.59 Å². The summed E-state index contributed by atoms with van der Waals surface area (Å²) in [5.74, 6) is -1.95. The van der Waals surface area contributed by atoms with E-state index in [2.05, 4.69) is 4.90 Å². The molecule has 1 amide bonds. The average Bonchev–Trinajstić information content (AvgIpc) is 3.64. The zero-order valence-corrected chi connectivity index (χ0v) is 27.9. The van der Waals surface area contributed by atoms with Crippen molar-refractivity contribution < 1.29 is 18.0 Å². The molecular formula is C41H42F3N3O2. The molecule has 254 valence electrons. The Morgan fingerprint density at radius 3 is 2.16 bits per heavy atom. The molecule has 0 aliphatic carbocycles. The highest BCUT2D eigenvalue weighted by molar-refractivity contribution is 5.83. The predicted octanol–water partition coefficient (Wildman–Crippen LogP) is 7.89. The number of aryl methyl sites for hydroxylation is 3. The standard InChI is InChI=1S/C41H42F3N3O2/c1-45(27-31-11-16-33(17-12-31)32-14-9-30(26-42)10-15-32)40(49)28-47-35(19-18-34-7-4-8-37(43)41(34)44)25-39(48)36-20-13-29(24-38(36)47)6-5-23-46-21-2-3-22-46/h4,7-17,20,24-25H,2-3,5-6,18-19,21-23,26-28H2,1H3. The van der Waals surface area contributed by atoms with E-state index in [9.17, 15) is 22.8 Å². The number of pyridine rings is 1. The minimum Gasteiger partial charge on any atom is -0.340 e. The van der Waals surface area contributed by atoms with Crippen LogP contribution in [-0.4, -0.2) is 47.0 Å². The molecule has 4 aromatic carbocycles. The van der Waals surface area contributed by atoms with Crippen molar-refractivity contribution in [3.05, 3.63) is 141 Å². The maximum atomic E-state index is 14.6. The lowest BCUT2D eigenvalue weighted by Crippen LogP contribution is -2.31. The molecule has 0 saturated carbocycles. The number of nitrogens with zero attached hydrogens (tertiary/aromatic N) is 3. The Balaban J connectivity index is 1.24. The van der Waals surface area contributed by atoms with Crippen molar-refractivity contribution in [2.45, 2.75) is 58.3 Å². The summed E-state index contributed by atoms with van der Waals surface area (Å²) in [7, 11) is 1.75. The summed E-state index contributed by atoms with van der Waals surface area (Å²) in [6, 6.07) is 26.8. The number of halogens is 3. The normalized spacial score (nSPS) is 13.3. The average molecular weight is 666 g/mol. The Bertz CT molecular complexity index is 1970. The topological polar surface area (TPSA) is 45.6 Å². The fourth-order valence-corrected chi connectivity index (χ4v) is 6.74. The van der Waals surface area contributed by atoms with Gasteiger partial charge in [-0.05, 0) is 110 Å². The van der Waals surface area contributed by atoms with Crippen LogP contribution in [0.15, 0.2) is 95.8 Å². The molecule has 5 aromatic rings. The molecule has 0 N–H and O–H groups in total. The molecule has 1 aliphatic heterocycles. The van der Waals surface area contributed by atoms with Gasteiger partial charge in [0.25, 0.3) is 0 Å². The molecule has 0 radical (unpaired) electrons. The Labute approximate surface area is 285 Å². The minimum absolute atomic E-state index is 0.00944. The van der Waals surface area contributed by atoms with E-state index in [1.165, 1.54) is 25.0 Å². The van der Waals surface area contributed by atoms with Crippen LogP contribution in [0.25, 0.3) is 22.0 Å². The van der Waals surface area contributed by atoms with Gasteiger partial charge in [0.1, 0.15) is 13.2 Å². The predicted molar refractivity (Wildman–Crippen MR) is 189 cm³/mol. The van der Waals surface area contributed by atoms with Crippen LogP contribution in [0.4, 0.5) is 13.2 Å². The first-order valence-corrected chi connectivity index (χ1v) is 17.1. The summed E-state index contributed by atoms with van der Waals surface area (Å²) in [6.45, 7) is 3.18. The lowest BCUT2D eigenvalue weighted by molar-refractivity contribution is -0.131. The summed E-state index contributed by atoms with van der Waals surface area (Å²) in [6.07, 6.45) is 4.78. The molecule has 6 rings (SSSR count). The van der Waals surface area contributed by atoms with Crippen LogP contribution in [-0.2, 0) is 43.8 Å². The van der Waals surface area contributed by atoms with Gasteiger partial charge in [-0.2, -0.15) is 0 Å². The van der Waals surface area contributed by atoms with Gasteiger partial charge in [0.2, 0.25) is 5.91 Å². The summed E-state index contributed by atoms with van der Waals surface area (Å²) >= 11 is 0. The number of aromatic nitrogens is 1. The van der Waals surface area contributed by atoms with E-state index < -0.39 is 18.3 Å². The monoisotopic (exact) mass is 665 g/mol. The van der Waals surface area contributed by atoms with E-state index in [0.29, 0.717) is 28.7 Å². The number of benzene rings is 4. The second-order valence-corrected chi connectivity index (χ2v) is 13.1. The number of carbonyl (C=O) groups is 1. The summed E-state index contributed by atoms with van der Waals surface area (Å²) < 4.78 is 43.4. The number of rotatable bonds is 13. The Kier molecular flexibility index (Phi) is 10.9. The molecule has 49 heavy (non-hydrogen) atoms. The fourth-order valence-electron chi connectivity index (χ4n) is 6.74. The van der Waals surface area contributed by atoms with Crippen LogP contribution in [0.3, 0.4) is 0 Å². The molecular weight excluding hydrogens is 623 g/mol. The van der Waals surface area contributed by atoms with Gasteiger partial charge in [0, 0.05) is 30.7 Å². The lowest BCUT2D eigenvalue weighted by Gasteiger charge is -2.22. The maximum Gasteiger partial charge on any atom is 0.242 e. The Hall–Kier alpha value is -4.69. The Morgan fingerprint density at radius 1 is 0.796 bits per heavy atom. The third-order valence-corrected chi connectivity index (χ3v) is 9.62. The molecule has 2 heterocycles. The number of fused-ring (bicyclic) bond motifs is 1. The van der Waals surface area contributed by atoms with Crippen molar-refractivity contribution in [1.82, 2.24) is 14.4 Å². The van der Waals surface area contributed by atoms with E-state index in [0.717, 1.165) is 60.8 Å². The highest BCUT2D eigenvalue weighted by Crippen LogP contribution is 2.23. The molecule has 1 fully saturated rings. The van der Waals surface area contributed by atoms with Crippen LogP contribution in [0.1, 0.15) is 47.2 Å². The van der Waals surface area contributed by atoms with Crippen molar-refractivity contribution >= 4 is 16.8 Å². The second-order valence-electron chi connectivity index (χ2n) is 13.1. The number of carbonyl (C=O) groups excluding carboxylic acids is 1. The van der Waals surface area contributed by atoms with Gasteiger partial charge in [-0.15, -0.1) is 0 Å². The highest BCUT2D eigenvalue weighted by Gasteiger charge is 2.18. The molecule has 0 bridgehead atoms. The van der Waals surface area contributed by atoms with E-state index in [-0.39, 0.29) is 36.3 Å². The first-order chi connectivity index (χ1) is 23.8. The van der Waals surface area contributed by atoms with Crippen LogP contribution in [0.2, 0.25) is 0 Å². The number of hydrogen-bond donors (Lipinski definition) is 0. The number of hydrogen-bond acceptors (Lipinski definition) is 3. The molecule has 0 atom stereocenters. The summed E-state index contributed by atoms with van der Waals surface area (Å²) in [5.41, 5.74) is 5.99. The molecule has 8 heteroatoms. The first-order valence-electron chi connectivity index (χ1n) is 17.1. The third-order valence-electron chi connectivity index (χ3n) is 9.62. The van der Waals surface area contributed by atoms with E-state index in [4.69, 9.17) is 0 Å². The molecule has 0 unspecified atom stereocenters. The fraction of sp³-hybridized carbons (Fsp3) is 0.317. The first kappa shape index (κ1) is 34.2. The second kappa shape index (κ2) is 15.7. The lowest BCUT2D eigenvalue weighted by atomic mass is 10.0. The number of alkyl halides is 1. The molecule has 1 aliphatic rings. The van der Waals surface area contributed by atoms with Gasteiger partial charge in [-0.25, -0.2) is 13.2 Å². The van der Waals surface area contributed by atoms with Crippen molar-refractivity contribution in [3.8, 4) is 11.1 Å². The van der Waals surface area contributed by atoms with Crippen molar-refractivity contribution in [3.63, 3.8) is 0 Å². The zero-order chi connectivity index (χ0) is 34.3. The van der Waals surface area contributed by atoms with Crippen LogP contribution < -0.4 is 5.43 Å². The quantitative estimate of drug-likeness (QED) is 0.129. The van der Waals surface area contributed by atoms with Crippen molar-refractivity contribution in [1.29, 1.82) is 0 Å². The number of amides is 1. The Morgan fingerprint density at radius 2 is 1.47 bits per heavy atom. The van der Waals surface area contributed by atoms with E-state index >= 15 is 0 Å². The molecule has 1 aromatic heterocycles. The van der Waals surface area contributed by atoms with Gasteiger partial charge in [-0.1, -0.05) is 66.7 Å². The largest absolute Gasteiger partial charge is 0.340 e. The van der Waals surface area contributed by atoms with E-state index in [1.54, 1.807) is 30.1 Å². The molecule has 1 saturated heterocycles. The van der Waals surface area contributed by atoms with Crippen LogP contribution in [0.5, 0.6) is 0 Å². The number of likely N-dealkylation sites (N-methyl/N-ethyl adjacent to an activating group) is 1. The maximum absolute atomic E-state index is 14.6. The van der Waals surface area contributed by atoms with Gasteiger partial charge in [0.15, 0.2) is 17.1 Å². The van der Waals surface area contributed by atoms with Crippen LogP contribution >= 0.6 is 0 Å². The van der Waals surface area contributed by atoms with Crippen molar-refractivity contribution in [2.75, 3.05) is 26.7 Å². The summed E-state index contributed by atoms with van der Waals surface area (Å²) in [4.78, 5) is 31.3. The van der Waals surface area contributed by atoms with Crippen molar-refractivity contribution in [2.24, 2.45) is 0 Å². The van der Waals surface area contributed by atoms with E-state index in [1.807, 2.05) is 59.2 Å². The zero-order valence-electron chi connectivity index (χ0n) is 27.9. The van der Waals surface area contributed by atoms with Crippen LogP contribution in [0, 0.1) is 11.6 Å². The molecule has 5 nitrogen and oxygen atoms in total. The molecule has 0 spiro atoms. The highest BCUT2D eigenvalue weighted by atomic mass is 19.2. The number of likely N-dealkylation sites (tertiary alicyclic amines) is 1. The summed E-state index contributed by atoms with van der Waals surface area (Å²) in [5, 5.41) is 0.523. The van der Waals surface area contributed by atoms with Gasteiger partial charge in [0.05, 0.1) is 5.52 Å². The minimum atomic E-state index is -0.911. The van der Waals surface area contributed by atoms with Gasteiger partial charge >= 0.3 is 0 Å². The smallest absolute Gasteiger partial charge is 0.242 e.